The van der Waals surface area contributed by atoms with Crippen molar-refractivity contribution in [1.29, 1.82) is 0 Å². The van der Waals surface area contributed by atoms with E-state index in [-0.39, 0.29) is 18.4 Å². The lowest BCUT2D eigenvalue weighted by Crippen LogP contribution is -2.49. The van der Waals surface area contributed by atoms with Crippen molar-refractivity contribution in [3.8, 4) is 5.75 Å². The molecule has 2 aromatic carbocycles. The highest BCUT2D eigenvalue weighted by Gasteiger charge is 2.32. The van der Waals surface area contributed by atoms with Crippen LogP contribution in [0.1, 0.15) is 30.9 Å². The first-order chi connectivity index (χ1) is 13.0. The molecule has 0 saturated heterocycles. The molecule has 5 heteroatoms. The Kier molecular flexibility index (Phi) is 5.60. The number of benzene rings is 2. The largest absolute Gasteiger partial charge is 0.477 e. The smallest absolute Gasteiger partial charge is 0.262 e. The van der Waals surface area contributed by atoms with Gasteiger partial charge in [0.1, 0.15) is 5.75 Å². The number of nitrogens with zero attached hydrogens (tertiary/aromatic N) is 1. The monoisotopic (exact) mass is 364 g/mol. The van der Waals surface area contributed by atoms with Gasteiger partial charge in [-0.15, -0.1) is 0 Å². The standard InChI is InChI=1S/C22H24N2O3/c1-15(2)17-11-8-16(9-12-17)10-13-21(25)24-14-20(22(26)23-3)27-19-7-5-4-6-18(19)24/h4-13,15,20H,14H2,1-3H3,(H,23,26)/b13-10+/t20-/m1/s1. The Bertz CT molecular complexity index is 856. The number of carbonyl (C=O) groups excluding carboxylic acids is 2. The van der Waals surface area contributed by atoms with Gasteiger partial charge in [-0.25, -0.2) is 0 Å². The van der Waals surface area contributed by atoms with E-state index in [1.807, 2.05) is 30.3 Å². The summed E-state index contributed by atoms with van der Waals surface area (Å²) in [5.41, 5.74) is 2.88. The molecule has 0 spiro atoms. The number of hydrogen-bond acceptors (Lipinski definition) is 3. The van der Waals surface area contributed by atoms with Crippen LogP contribution in [0.25, 0.3) is 6.08 Å². The SMILES string of the molecule is CNC(=O)[C@H]1CN(C(=O)/C=C/c2ccc(C(C)C)cc2)c2ccccc2O1. The quantitative estimate of drug-likeness (QED) is 0.847. The summed E-state index contributed by atoms with van der Waals surface area (Å²) in [7, 11) is 1.55. The maximum atomic E-state index is 12.8. The van der Waals surface area contributed by atoms with Crippen molar-refractivity contribution in [2.75, 3.05) is 18.5 Å². The molecule has 0 fully saturated rings. The van der Waals surface area contributed by atoms with Crippen LogP contribution in [0.2, 0.25) is 0 Å². The molecule has 0 aromatic heterocycles. The van der Waals surface area contributed by atoms with E-state index >= 15 is 0 Å². The predicted molar refractivity (Wildman–Crippen MR) is 107 cm³/mol. The average Bonchev–Trinajstić information content (AvgIpc) is 2.70. The molecule has 0 saturated carbocycles. The number of carbonyl (C=O) groups is 2. The molecule has 2 aromatic rings. The van der Waals surface area contributed by atoms with Crippen molar-refractivity contribution >= 4 is 23.6 Å². The molecule has 1 N–H and O–H groups in total. The fourth-order valence-corrected chi connectivity index (χ4v) is 2.99. The molecule has 0 aliphatic carbocycles. The topological polar surface area (TPSA) is 58.6 Å². The number of rotatable bonds is 4. The molecule has 1 heterocycles. The number of anilines is 1. The first kappa shape index (κ1) is 18.7. The van der Waals surface area contributed by atoms with Gasteiger partial charge in [0.05, 0.1) is 12.2 Å². The van der Waals surface area contributed by atoms with Crippen LogP contribution in [-0.4, -0.2) is 31.5 Å². The highest BCUT2D eigenvalue weighted by molar-refractivity contribution is 6.05. The summed E-state index contributed by atoms with van der Waals surface area (Å²) in [5.74, 6) is 0.555. The molecule has 0 unspecified atom stereocenters. The van der Waals surface area contributed by atoms with E-state index in [0.29, 0.717) is 17.4 Å². The third-order valence-corrected chi connectivity index (χ3v) is 4.60. The minimum atomic E-state index is -0.729. The van der Waals surface area contributed by atoms with Crippen LogP contribution >= 0.6 is 0 Å². The van der Waals surface area contributed by atoms with Crippen LogP contribution in [0.4, 0.5) is 5.69 Å². The van der Waals surface area contributed by atoms with Gasteiger partial charge < -0.3 is 15.0 Å². The molecule has 140 valence electrons. The fraction of sp³-hybridized carbons (Fsp3) is 0.273. The second-order valence-corrected chi connectivity index (χ2v) is 6.79. The lowest BCUT2D eigenvalue weighted by atomic mass is 10.0. The number of fused-ring (bicyclic) bond motifs is 1. The first-order valence-corrected chi connectivity index (χ1v) is 9.06. The Balaban J connectivity index is 1.81. The van der Waals surface area contributed by atoms with Gasteiger partial charge in [-0.05, 0) is 35.3 Å². The van der Waals surface area contributed by atoms with E-state index in [9.17, 15) is 9.59 Å². The van der Waals surface area contributed by atoms with Crippen molar-refractivity contribution in [1.82, 2.24) is 5.32 Å². The zero-order valence-electron chi connectivity index (χ0n) is 15.8. The summed E-state index contributed by atoms with van der Waals surface area (Å²) in [6.07, 6.45) is 2.60. The summed E-state index contributed by atoms with van der Waals surface area (Å²) in [5, 5.41) is 2.58. The third-order valence-electron chi connectivity index (χ3n) is 4.60. The van der Waals surface area contributed by atoms with E-state index < -0.39 is 6.10 Å². The van der Waals surface area contributed by atoms with Crippen molar-refractivity contribution in [3.05, 3.63) is 65.7 Å². The number of hydrogen-bond donors (Lipinski definition) is 1. The van der Waals surface area contributed by atoms with Gasteiger partial charge in [0, 0.05) is 13.1 Å². The van der Waals surface area contributed by atoms with Crippen LogP contribution < -0.4 is 15.0 Å². The average molecular weight is 364 g/mol. The number of likely N-dealkylation sites (N-methyl/N-ethyl adjacent to an activating group) is 1. The Labute approximate surface area is 159 Å². The van der Waals surface area contributed by atoms with Crippen LogP contribution in [0.15, 0.2) is 54.6 Å². The highest BCUT2D eigenvalue weighted by Crippen LogP contribution is 2.33. The maximum absolute atomic E-state index is 12.8. The fourth-order valence-electron chi connectivity index (χ4n) is 2.99. The van der Waals surface area contributed by atoms with Crippen LogP contribution in [0, 0.1) is 0 Å². The second kappa shape index (κ2) is 8.08. The zero-order valence-corrected chi connectivity index (χ0v) is 15.8. The molecular weight excluding hydrogens is 340 g/mol. The Morgan fingerprint density at radius 3 is 2.52 bits per heavy atom. The number of nitrogens with one attached hydrogen (secondary N) is 1. The first-order valence-electron chi connectivity index (χ1n) is 9.06. The normalized spacial score (nSPS) is 16.1. The summed E-state index contributed by atoms with van der Waals surface area (Å²) in [4.78, 5) is 26.4. The molecule has 27 heavy (non-hydrogen) atoms. The molecule has 1 aliphatic rings. The Hall–Kier alpha value is -3.08. The Morgan fingerprint density at radius 1 is 1.15 bits per heavy atom. The van der Waals surface area contributed by atoms with E-state index in [1.165, 1.54) is 11.6 Å². The summed E-state index contributed by atoms with van der Waals surface area (Å²) in [6, 6.07) is 15.4. The molecule has 0 radical (unpaired) electrons. The molecule has 1 atom stereocenters. The maximum Gasteiger partial charge on any atom is 0.262 e. The summed E-state index contributed by atoms with van der Waals surface area (Å²) < 4.78 is 5.73. The summed E-state index contributed by atoms with van der Waals surface area (Å²) >= 11 is 0. The van der Waals surface area contributed by atoms with E-state index in [4.69, 9.17) is 4.74 Å². The minimum Gasteiger partial charge on any atom is -0.477 e. The number of para-hydroxylation sites is 2. The predicted octanol–water partition coefficient (Wildman–Crippen LogP) is 3.36. The molecule has 3 rings (SSSR count). The van der Waals surface area contributed by atoms with Crippen LogP contribution in [0.5, 0.6) is 5.75 Å². The van der Waals surface area contributed by atoms with Gasteiger partial charge in [0.15, 0.2) is 6.10 Å². The van der Waals surface area contributed by atoms with Gasteiger partial charge in [0.25, 0.3) is 11.8 Å². The lowest BCUT2D eigenvalue weighted by Gasteiger charge is -2.33. The van der Waals surface area contributed by atoms with E-state index in [2.05, 4.69) is 31.3 Å². The Morgan fingerprint density at radius 2 is 1.85 bits per heavy atom. The van der Waals surface area contributed by atoms with Crippen molar-refractivity contribution < 1.29 is 14.3 Å². The second-order valence-electron chi connectivity index (χ2n) is 6.79. The number of ether oxygens (including phenoxy) is 1. The van der Waals surface area contributed by atoms with Crippen molar-refractivity contribution in [2.24, 2.45) is 0 Å². The minimum absolute atomic E-state index is 0.173. The van der Waals surface area contributed by atoms with Gasteiger partial charge in [-0.1, -0.05) is 50.2 Å². The molecular formula is C22H24N2O3. The molecule has 0 bridgehead atoms. The molecule has 1 aliphatic heterocycles. The zero-order chi connectivity index (χ0) is 19.4. The highest BCUT2D eigenvalue weighted by atomic mass is 16.5. The molecule has 5 nitrogen and oxygen atoms in total. The van der Waals surface area contributed by atoms with Crippen molar-refractivity contribution in [2.45, 2.75) is 25.9 Å². The van der Waals surface area contributed by atoms with Crippen LogP contribution in [-0.2, 0) is 9.59 Å². The third kappa shape index (κ3) is 4.19. The van der Waals surface area contributed by atoms with Crippen molar-refractivity contribution in [3.63, 3.8) is 0 Å². The van der Waals surface area contributed by atoms with E-state index in [0.717, 1.165) is 5.56 Å². The van der Waals surface area contributed by atoms with Crippen LogP contribution in [0.3, 0.4) is 0 Å². The van der Waals surface area contributed by atoms with Gasteiger partial charge in [0.2, 0.25) is 0 Å². The molecule has 2 amide bonds. The van der Waals surface area contributed by atoms with Gasteiger partial charge in [-0.2, -0.15) is 0 Å². The van der Waals surface area contributed by atoms with E-state index in [1.54, 1.807) is 24.1 Å². The lowest BCUT2D eigenvalue weighted by molar-refractivity contribution is -0.127. The van der Waals surface area contributed by atoms with Gasteiger partial charge in [-0.3, -0.25) is 9.59 Å². The number of amides is 2. The van der Waals surface area contributed by atoms with Gasteiger partial charge >= 0.3 is 0 Å². The summed E-state index contributed by atoms with van der Waals surface area (Å²) in [6.45, 7) is 4.46.